The highest BCUT2D eigenvalue weighted by atomic mass is 16.3. The van der Waals surface area contributed by atoms with Crippen LogP contribution in [0.4, 0.5) is 0 Å². The molecule has 1 N–H and O–H groups in total. The lowest BCUT2D eigenvalue weighted by Gasteiger charge is -2.08. The van der Waals surface area contributed by atoms with Crippen LogP contribution in [0.15, 0.2) is 53.1 Å². The Labute approximate surface area is 122 Å². The molecule has 0 saturated carbocycles. The van der Waals surface area contributed by atoms with E-state index in [1.807, 2.05) is 18.2 Å². The summed E-state index contributed by atoms with van der Waals surface area (Å²) in [6.45, 7) is 0.320. The summed E-state index contributed by atoms with van der Waals surface area (Å²) in [5.74, 6) is 0.996. The first-order chi connectivity index (χ1) is 10.3. The number of rotatable bonds is 6. The number of hydrogen-bond donors (Lipinski definition) is 1. The molecular formula is C15H16N4O2. The Kier molecular flexibility index (Phi) is 4.07. The Morgan fingerprint density at radius 3 is 2.76 bits per heavy atom. The van der Waals surface area contributed by atoms with Gasteiger partial charge in [0.25, 0.3) is 0 Å². The van der Waals surface area contributed by atoms with E-state index >= 15 is 0 Å². The monoisotopic (exact) mass is 284 g/mol. The predicted molar refractivity (Wildman–Crippen MR) is 76.3 cm³/mol. The van der Waals surface area contributed by atoms with Crippen LogP contribution in [0.3, 0.4) is 0 Å². The second-order valence-corrected chi connectivity index (χ2v) is 4.82. The molecule has 6 heteroatoms. The Balaban J connectivity index is 1.54. The number of aryl methyl sites for hydroxylation is 1. The third-order valence-corrected chi connectivity index (χ3v) is 3.18. The Morgan fingerprint density at radius 2 is 2.00 bits per heavy atom. The first kappa shape index (κ1) is 13.5. The minimum Gasteiger partial charge on any atom is -0.461 e. The van der Waals surface area contributed by atoms with Crippen molar-refractivity contribution >= 4 is 0 Å². The summed E-state index contributed by atoms with van der Waals surface area (Å²) in [5.41, 5.74) is 1.21. The molecule has 2 aromatic heterocycles. The molecule has 3 aromatic rings. The highest BCUT2D eigenvalue weighted by Crippen LogP contribution is 2.13. The van der Waals surface area contributed by atoms with Crippen molar-refractivity contribution < 1.29 is 9.52 Å². The Bertz CT molecular complexity index is 664. The number of aliphatic hydroxyl groups is 1. The number of furan rings is 1. The summed E-state index contributed by atoms with van der Waals surface area (Å²) < 4.78 is 5.20. The van der Waals surface area contributed by atoms with E-state index in [0.717, 1.165) is 6.42 Å². The number of hydrogen-bond acceptors (Lipinski definition) is 5. The zero-order valence-electron chi connectivity index (χ0n) is 11.5. The molecular weight excluding hydrogens is 268 g/mol. The number of aliphatic hydroxyl groups excluding tert-OH is 1. The summed E-state index contributed by atoms with van der Waals surface area (Å²) in [5, 5.41) is 22.1. The minimum absolute atomic E-state index is 0.320. The van der Waals surface area contributed by atoms with Gasteiger partial charge in [0.1, 0.15) is 0 Å². The lowest BCUT2D eigenvalue weighted by Crippen LogP contribution is -2.18. The second-order valence-electron chi connectivity index (χ2n) is 4.82. The quantitative estimate of drug-likeness (QED) is 0.748. The molecule has 0 aliphatic carbocycles. The first-order valence-corrected chi connectivity index (χ1v) is 6.85. The Hall–Kier alpha value is -2.47. The maximum absolute atomic E-state index is 10.1. The molecule has 2 heterocycles. The number of benzene rings is 1. The fraction of sp³-hybridized carbons (Fsp3) is 0.267. The van der Waals surface area contributed by atoms with Crippen molar-refractivity contribution in [2.45, 2.75) is 25.5 Å². The van der Waals surface area contributed by atoms with Gasteiger partial charge < -0.3 is 9.52 Å². The average Bonchev–Trinajstić information content (AvgIpc) is 3.17. The first-order valence-electron chi connectivity index (χ1n) is 6.85. The third kappa shape index (κ3) is 3.55. The van der Waals surface area contributed by atoms with Gasteiger partial charge in [0.15, 0.2) is 5.76 Å². The normalized spacial score (nSPS) is 12.4. The fourth-order valence-electron chi connectivity index (χ4n) is 2.08. The Morgan fingerprint density at radius 1 is 1.14 bits per heavy atom. The third-order valence-electron chi connectivity index (χ3n) is 3.18. The van der Waals surface area contributed by atoms with E-state index in [-0.39, 0.29) is 0 Å². The molecule has 3 rings (SSSR count). The molecule has 0 unspecified atom stereocenters. The summed E-state index contributed by atoms with van der Waals surface area (Å²) in [6.07, 6.45) is 2.53. The molecule has 0 aliphatic rings. The van der Waals surface area contributed by atoms with Gasteiger partial charge in [-0.3, -0.25) is 0 Å². The predicted octanol–water partition coefficient (Wildman–Crippen LogP) is 1.93. The highest BCUT2D eigenvalue weighted by molar-refractivity contribution is 5.43. The molecule has 0 spiro atoms. The van der Waals surface area contributed by atoms with Crippen LogP contribution in [0.2, 0.25) is 0 Å². The molecule has 21 heavy (non-hydrogen) atoms. The van der Waals surface area contributed by atoms with Crippen LogP contribution in [0.25, 0.3) is 11.6 Å². The number of aromatic nitrogens is 4. The number of nitrogens with zero attached hydrogens (tertiary/aromatic N) is 4. The summed E-state index contributed by atoms with van der Waals surface area (Å²) in [4.78, 5) is 1.40. The van der Waals surface area contributed by atoms with Gasteiger partial charge in [-0.1, -0.05) is 30.3 Å². The minimum atomic E-state index is -0.510. The summed E-state index contributed by atoms with van der Waals surface area (Å²) in [7, 11) is 0. The van der Waals surface area contributed by atoms with Crippen LogP contribution in [0.1, 0.15) is 12.0 Å². The highest BCUT2D eigenvalue weighted by Gasteiger charge is 2.11. The maximum Gasteiger partial charge on any atom is 0.240 e. The smallest absolute Gasteiger partial charge is 0.240 e. The standard InChI is InChI=1S/C15H16N4O2/c20-13(9-8-12-5-2-1-3-6-12)11-19-17-15(16-18-19)14-7-4-10-21-14/h1-7,10,13,20H,8-9,11H2/t13-/m0/s1. The molecule has 0 saturated heterocycles. The lowest BCUT2D eigenvalue weighted by molar-refractivity contribution is 0.133. The zero-order chi connectivity index (χ0) is 14.5. The van der Waals surface area contributed by atoms with E-state index in [1.54, 1.807) is 18.4 Å². The van der Waals surface area contributed by atoms with Gasteiger partial charge in [0.2, 0.25) is 5.82 Å². The topological polar surface area (TPSA) is 77.0 Å². The van der Waals surface area contributed by atoms with Gasteiger partial charge in [0.05, 0.1) is 18.9 Å². The molecule has 1 aromatic carbocycles. The molecule has 1 atom stereocenters. The van der Waals surface area contributed by atoms with E-state index in [2.05, 4.69) is 27.5 Å². The lowest BCUT2D eigenvalue weighted by atomic mass is 10.1. The van der Waals surface area contributed by atoms with E-state index in [9.17, 15) is 5.11 Å². The van der Waals surface area contributed by atoms with E-state index in [4.69, 9.17) is 4.42 Å². The van der Waals surface area contributed by atoms with Crippen molar-refractivity contribution in [2.24, 2.45) is 0 Å². The van der Waals surface area contributed by atoms with Crippen LogP contribution < -0.4 is 0 Å². The van der Waals surface area contributed by atoms with Crippen molar-refractivity contribution in [2.75, 3.05) is 0 Å². The second kappa shape index (κ2) is 6.32. The van der Waals surface area contributed by atoms with Crippen LogP contribution >= 0.6 is 0 Å². The summed E-state index contributed by atoms with van der Waals surface area (Å²) in [6, 6.07) is 13.6. The number of tetrazole rings is 1. The summed E-state index contributed by atoms with van der Waals surface area (Å²) >= 11 is 0. The molecule has 0 amide bonds. The van der Waals surface area contributed by atoms with Gasteiger partial charge in [-0.15, -0.1) is 10.2 Å². The molecule has 0 bridgehead atoms. The van der Waals surface area contributed by atoms with Crippen molar-refractivity contribution in [1.29, 1.82) is 0 Å². The van der Waals surface area contributed by atoms with Gasteiger partial charge in [-0.2, -0.15) is 4.80 Å². The van der Waals surface area contributed by atoms with Crippen molar-refractivity contribution in [3.8, 4) is 11.6 Å². The van der Waals surface area contributed by atoms with E-state index < -0.39 is 6.10 Å². The molecule has 108 valence electrons. The zero-order valence-corrected chi connectivity index (χ0v) is 11.5. The van der Waals surface area contributed by atoms with Gasteiger partial charge in [-0.25, -0.2) is 0 Å². The average molecular weight is 284 g/mol. The van der Waals surface area contributed by atoms with Crippen LogP contribution in [0, 0.1) is 0 Å². The van der Waals surface area contributed by atoms with E-state index in [1.165, 1.54) is 10.4 Å². The molecule has 0 radical (unpaired) electrons. The molecule has 0 aliphatic heterocycles. The van der Waals surface area contributed by atoms with Crippen molar-refractivity contribution in [1.82, 2.24) is 20.2 Å². The molecule has 0 fully saturated rings. The molecule has 6 nitrogen and oxygen atoms in total. The van der Waals surface area contributed by atoms with E-state index in [0.29, 0.717) is 24.6 Å². The van der Waals surface area contributed by atoms with Crippen LogP contribution in [0.5, 0.6) is 0 Å². The maximum atomic E-state index is 10.1. The van der Waals surface area contributed by atoms with Gasteiger partial charge in [-0.05, 0) is 35.8 Å². The van der Waals surface area contributed by atoms with Crippen molar-refractivity contribution in [3.05, 3.63) is 54.3 Å². The van der Waals surface area contributed by atoms with Gasteiger partial charge >= 0.3 is 0 Å². The van der Waals surface area contributed by atoms with Crippen LogP contribution in [-0.2, 0) is 13.0 Å². The fourth-order valence-corrected chi connectivity index (χ4v) is 2.08. The van der Waals surface area contributed by atoms with Crippen LogP contribution in [-0.4, -0.2) is 31.4 Å². The van der Waals surface area contributed by atoms with Gasteiger partial charge in [0, 0.05) is 0 Å². The SMILES string of the molecule is O[C@@H](CCc1ccccc1)Cn1nnc(-c2ccco2)n1. The largest absolute Gasteiger partial charge is 0.461 e. The van der Waals surface area contributed by atoms with Crippen molar-refractivity contribution in [3.63, 3.8) is 0 Å².